The van der Waals surface area contributed by atoms with Crippen molar-refractivity contribution in [3.05, 3.63) is 65.2 Å². The van der Waals surface area contributed by atoms with Crippen LogP contribution in [-0.4, -0.2) is 12.0 Å². The maximum atomic E-state index is 13.2. The molecule has 88 valence electrons. The summed E-state index contributed by atoms with van der Waals surface area (Å²) in [6.45, 7) is 1.96. The zero-order valence-corrected chi connectivity index (χ0v) is 9.94. The van der Waals surface area contributed by atoms with Crippen molar-refractivity contribution in [2.24, 2.45) is 0 Å². The van der Waals surface area contributed by atoms with Gasteiger partial charge in [0.15, 0.2) is 0 Å². The Bertz CT molecular complexity index is 511. The van der Waals surface area contributed by atoms with Gasteiger partial charge >= 0.3 is 0 Å². The molecule has 0 radical (unpaired) electrons. The number of aryl methyl sites for hydroxylation is 1. The largest absolute Gasteiger partial charge is 0.309 e. The van der Waals surface area contributed by atoms with Gasteiger partial charge < -0.3 is 5.32 Å². The van der Waals surface area contributed by atoms with E-state index in [2.05, 4.69) is 10.3 Å². The molecule has 17 heavy (non-hydrogen) atoms. The second-order valence-electron chi connectivity index (χ2n) is 3.95. The molecule has 3 heteroatoms. The average Bonchev–Trinajstić information content (AvgIpc) is 2.33. The van der Waals surface area contributed by atoms with Gasteiger partial charge in [0.05, 0.1) is 6.04 Å². The Kier molecular flexibility index (Phi) is 3.49. The van der Waals surface area contributed by atoms with E-state index in [1.165, 1.54) is 6.07 Å². The molecular formula is C14H15FN2. The van der Waals surface area contributed by atoms with Crippen LogP contribution in [0.25, 0.3) is 0 Å². The summed E-state index contributed by atoms with van der Waals surface area (Å²) in [5.41, 5.74) is 2.93. The average molecular weight is 230 g/mol. The van der Waals surface area contributed by atoms with E-state index < -0.39 is 0 Å². The fourth-order valence-electron chi connectivity index (χ4n) is 1.99. The van der Waals surface area contributed by atoms with Gasteiger partial charge in [0, 0.05) is 11.9 Å². The SMILES string of the molecule is CNC(c1cccc(F)c1)c1cccnc1C. The topological polar surface area (TPSA) is 24.9 Å². The molecule has 0 bridgehead atoms. The zero-order chi connectivity index (χ0) is 12.3. The minimum atomic E-state index is -0.218. The third kappa shape index (κ3) is 2.50. The van der Waals surface area contributed by atoms with Gasteiger partial charge in [-0.25, -0.2) is 4.39 Å². The first kappa shape index (κ1) is 11.7. The first-order chi connectivity index (χ1) is 8.22. The molecule has 2 rings (SSSR count). The van der Waals surface area contributed by atoms with Crippen molar-refractivity contribution in [2.45, 2.75) is 13.0 Å². The van der Waals surface area contributed by atoms with Crippen LogP contribution in [0, 0.1) is 12.7 Å². The van der Waals surface area contributed by atoms with Crippen LogP contribution in [0.5, 0.6) is 0 Å². The third-order valence-electron chi connectivity index (χ3n) is 2.83. The second-order valence-corrected chi connectivity index (χ2v) is 3.95. The fraction of sp³-hybridized carbons (Fsp3) is 0.214. The zero-order valence-electron chi connectivity index (χ0n) is 9.94. The lowest BCUT2D eigenvalue weighted by molar-refractivity contribution is 0.615. The van der Waals surface area contributed by atoms with Crippen molar-refractivity contribution in [2.75, 3.05) is 7.05 Å². The van der Waals surface area contributed by atoms with Gasteiger partial charge in [-0.15, -0.1) is 0 Å². The second kappa shape index (κ2) is 5.06. The minimum Gasteiger partial charge on any atom is -0.309 e. The molecule has 0 amide bonds. The Morgan fingerprint density at radius 1 is 1.24 bits per heavy atom. The summed E-state index contributed by atoms with van der Waals surface area (Å²) in [5, 5.41) is 3.20. The molecule has 1 unspecified atom stereocenters. The van der Waals surface area contributed by atoms with Crippen molar-refractivity contribution in [1.29, 1.82) is 0 Å². The molecule has 0 aliphatic heterocycles. The van der Waals surface area contributed by atoms with E-state index in [1.807, 2.05) is 32.2 Å². The van der Waals surface area contributed by atoms with Crippen LogP contribution in [0.1, 0.15) is 22.9 Å². The number of hydrogen-bond donors (Lipinski definition) is 1. The van der Waals surface area contributed by atoms with Crippen LogP contribution in [0.4, 0.5) is 4.39 Å². The highest BCUT2D eigenvalue weighted by Gasteiger charge is 2.14. The van der Waals surface area contributed by atoms with Crippen LogP contribution in [-0.2, 0) is 0 Å². The third-order valence-corrected chi connectivity index (χ3v) is 2.83. The summed E-state index contributed by atoms with van der Waals surface area (Å²) in [7, 11) is 1.86. The van der Waals surface area contributed by atoms with E-state index >= 15 is 0 Å². The van der Waals surface area contributed by atoms with Gasteiger partial charge in [-0.05, 0) is 43.3 Å². The van der Waals surface area contributed by atoms with E-state index in [0.717, 1.165) is 16.8 Å². The van der Waals surface area contributed by atoms with E-state index in [0.29, 0.717) is 0 Å². The van der Waals surface area contributed by atoms with Crippen LogP contribution in [0.15, 0.2) is 42.6 Å². The quantitative estimate of drug-likeness (QED) is 0.877. The van der Waals surface area contributed by atoms with Gasteiger partial charge in [-0.3, -0.25) is 4.98 Å². The Morgan fingerprint density at radius 2 is 2.06 bits per heavy atom. The van der Waals surface area contributed by atoms with Crippen molar-refractivity contribution in [1.82, 2.24) is 10.3 Å². The van der Waals surface area contributed by atoms with Gasteiger partial charge in [0.1, 0.15) is 5.82 Å². The van der Waals surface area contributed by atoms with Crippen molar-refractivity contribution in [3.63, 3.8) is 0 Å². The lowest BCUT2D eigenvalue weighted by Crippen LogP contribution is -2.19. The van der Waals surface area contributed by atoms with Gasteiger partial charge in [-0.2, -0.15) is 0 Å². The minimum absolute atomic E-state index is 0.0283. The standard InChI is InChI=1S/C14H15FN2/c1-10-13(7-4-8-17-10)14(16-2)11-5-3-6-12(15)9-11/h3-9,14,16H,1-2H3. The predicted molar refractivity (Wildman–Crippen MR) is 66.3 cm³/mol. The maximum absolute atomic E-state index is 13.2. The molecule has 0 aliphatic rings. The smallest absolute Gasteiger partial charge is 0.123 e. The first-order valence-electron chi connectivity index (χ1n) is 5.56. The number of hydrogen-bond acceptors (Lipinski definition) is 2. The lowest BCUT2D eigenvalue weighted by Gasteiger charge is -2.18. The predicted octanol–water partition coefficient (Wildman–Crippen LogP) is 2.84. The lowest BCUT2D eigenvalue weighted by atomic mass is 9.98. The van der Waals surface area contributed by atoms with Gasteiger partial charge in [0.25, 0.3) is 0 Å². The summed E-state index contributed by atoms with van der Waals surface area (Å²) in [6.07, 6.45) is 1.76. The van der Waals surface area contributed by atoms with E-state index in [9.17, 15) is 4.39 Å². The Hall–Kier alpha value is -1.74. The van der Waals surface area contributed by atoms with Crippen molar-refractivity contribution in [3.8, 4) is 0 Å². The number of pyridine rings is 1. The number of halogens is 1. The highest BCUT2D eigenvalue weighted by molar-refractivity contribution is 5.33. The molecule has 1 aromatic carbocycles. The highest BCUT2D eigenvalue weighted by Crippen LogP contribution is 2.23. The first-order valence-corrected chi connectivity index (χ1v) is 5.56. The molecule has 0 saturated heterocycles. The Balaban J connectivity index is 2.44. The number of nitrogens with zero attached hydrogens (tertiary/aromatic N) is 1. The number of rotatable bonds is 3. The van der Waals surface area contributed by atoms with Gasteiger partial charge in [-0.1, -0.05) is 18.2 Å². The number of aromatic nitrogens is 1. The van der Waals surface area contributed by atoms with Crippen molar-refractivity contribution >= 4 is 0 Å². The summed E-state index contributed by atoms with van der Waals surface area (Å²) in [4.78, 5) is 4.26. The normalized spacial score (nSPS) is 12.4. The van der Waals surface area contributed by atoms with Crippen LogP contribution in [0.3, 0.4) is 0 Å². The van der Waals surface area contributed by atoms with Crippen molar-refractivity contribution < 1.29 is 4.39 Å². The summed E-state index contributed by atoms with van der Waals surface area (Å²) in [5.74, 6) is -0.218. The van der Waals surface area contributed by atoms with Crippen LogP contribution >= 0.6 is 0 Å². The van der Waals surface area contributed by atoms with E-state index in [1.54, 1.807) is 18.3 Å². The molecule has 1 heterocycles. The van der Waals surface area contributed by atoms with Crippen LogP contribution in [0.2, 0.25) is 0 Å². The van der Waals surface area contributed by atoms with E-state index in [-0.39, 0.29) is 11.9 Å². The molecule has 0 spiro atoms. The molecule has 1 N–H and O–H groups in total. The molecule has 1 atom stereocenters. The maximum Gasteiger partial charge on any atom is 0.123 e. The monoisotopic (exact) mass is 230 g/mol. The molecule has 1 aromatic heterocycles. The molecule has 0 saturated carbocycles. The fourth-order valence-corrected chi connectivity index (χ4v) is 1.99. The van der Waals surface area contributed by atoms with E-state index in [4.69, 9.17) is 0 Å². The number of benzene rings is 1. The molecule has 0 aliphatic carbocycles. The molecule has 0 fully saturated rings. The molecule has 2 nitrogen and oxygen atoms in total. The number of nitrogens with one attached hydrogen (secondary N) is 1. The Labute approximate surface area is 101 Å². The summed E-state index contributed by atoms with van der Waals surface area (Å²) < 4.78 is 13.2. The molecule has 2 aromatic rings. The summed E-state index contributed by atoms with van der Waals surface area (Å²) >= 11 is 0. The highest BCUT2D eigenvalue weighted by atomic mass is 19.1. The van der Waals surface area contributed by atoms with Gasteiger partial charge in [0.2, 0.25) is 0 Å². The summed E-state index contributed by atoms with van der Waals surface area (Å²) in [6, 6.07) is 10.5. The Morgan fingerprint density at radius 3 is 2.71 bits per heavy atom. The van der Waals surface area contributed by atoms with Crippen LogP contribution < -0.4 is 5.32 Å². The molecular weight excluding hydrogens is 215 g/mol.